The zero-order valence-electron chi connectivity index (χ0n) is 17.0. The molecule has 5 nitrogen and oxygen atoms in total. The molecular weight excluding hydrogens is 467 g/mol. The standard InChI is InChI=1S/C24H18Cl2N2O3S/c1-31-20-12-2-15(3-13-20)21(29)14-22-23(30)28(19-10-6-17(26)7-11-19)24(32-22)27-18-8-4-16(25)5-9-18/h2-13,22H,14H2,1H3. The average molecular weight is 485 g/mol. The minimum Gasteiger partial charge on any atom is -0.497 e. The summed E-state index contributed by atoms with van der Waals surface area (Å²) in [5, 5.41) is 1.07. The van der Waals surface area contributed by atoms with Crippen LogP contribution in [-0.2, 0) is 4.79 Å². The summed E-state index contributed by atoms with van der Waals surface area (Å²) in [5.41, 5.74) is 1.82. The number of halogens is 2. The highest BCUT2D eigenvalue weighted by atomic mass is 35.5. The van der Waals surface area contributed by atoms with Crippen LogP contribution < -0.4 is 9.64 Å². The first-order chi connectivity index (χ1) is 15.4. The number of amides is 1. The second-order valence-electron chi connectivity index (χ2n) is 6.98. The van der Waals surface area contributed by atoms with Gasteiger partial charge in [0.2, 0.25) is 5.91 Å². The number of ketones is 1. The summed E-state index contributed by atoms with van der Waals surface area (Å²) < 4.78 is 5.14. The molecule has 162 valence electrons. The molecule has 1 aliphatic rings. The highest BCUT2D eigenvalue weighted by molar-refractivity contribution is 8.16. The molecule has 1 amide bonds. The van der Waals surface area contributed by atoms with Crippen molar-refractivity contribution in [1.82, 2.24) is 0 Å². The Hall–Kier alpha value is -2.80. The third kappa shape index (κ3) is 4.99. The monoisotopic (exact) mass is 484 g/mol. The number of methoxy groups -OCH3 is 1. The molecule has 1 heterocycles. The minimum absolute atomic E-state index is 0.0551. The van der Waals surface area contributed by atoms with Crippen LogP contribution in [0.3, 0.4) is 0 Å². The fraction of sp³-hybridized carbons (Fsp3) is 0.125. The van der Waals surface area contributed by atoms with E-state index in [1.807, 2.05) is 0 Å². The molecule has 0 radical (unpaired) electrons. The summed E-state index contributed by atoms with van der Waals surface area (Å²) in [5.74, 6) is 0.341. The van der Waals surface area contributed by atoms with Gasteiger partial charge in [-0.05, 0) is 72.8 Å². The van der Waals surface area contributed by atoms with Crippen LogP contribution in [0.15, 0.2) is 77.8 Å². The van der Waals surface area contributed by atoms with Gasteiger partial charge in [-0.3, -0.25) is 14.5 Å². The lowest BCUT2D eigenvalue weighted by molar-refractivity contribution is -0.116. The number of aliphatic imine (C=N–C) groups is 1. The number of anilines is 1. The fourth-order valence-electron chi connectivity index (χ4n) is 3.19. The van der Waals surface area contributed by atoms with Crippen molar-refractivity contribution in [2.75, 3.05) is 12.0 Å². The number of Topliss-reactive ketones (excluding diaryl/α,β-unsaturated/α-hetero) is 1. The van der Waals surface area contributed by atoms with E-state index in [1.54, 1.807) is 79.9 Å². The Bertz CT molecular complexity index is 1160. The average Bonchev–Trinajstić information content (AvgIpc) is 3.10. The van der Waals surface area contributed by atoms with Gasteiger partial charge in [0.05, 0.1) is 23.7 Å². The molecule has 3 aromatic carbocycles. The Balaban J connectivity index is 1.62. The van der Waals surface area contributed by atoms with Crippen molar-refractivity contribution in [2.45, 2.75) is 11.7 Å². The highest BCUT2D eigenvalue weighted by Gasteiger charge is 2.40. The highest BCUT2D eigenvalue weighted by Crippen LogP contribution is 2.36. The smallest absolute Gasteiger partial charge is 0.247 e. The molecule has 0 aliphatic carbocycles. The van der Waals surface area contributed by atoms with Crippen LogP contribution in [-0.4, -0.2) is 29.2 Å². The van der Waals surface area contributed by atoms with E-state index >= 15 is 0 Å². The van der Waals surface area contributed by atoms with Gasteiger partial charge in [-0.15, -0.1) is 0 Å². The summed E-state index contributed by atoms with van der Waals surface area (Å²) >= 11 is 13.3. The van der Waals surface area contributed by atoms with E-state index < -0.39 is 5.25 Å². The molecule has 1 fully saturated rings. The van der Waals surface area contributed by atoms with E-state index in [0.717, 1.165) is 0 Å². The molecule has 1 unspecified atom stereocenters. The number of benzene rings is 3. The molecule has 0 N–H and O–H groups in total. The Morgan fingerprint density at radius 1 is 0.969 bits per heavy atom. The van der Waals surface area contributed by atoms with Crippen molar-refractivity contribution in [3.05, 3.63) is 88.4 Å². The van der Waals surface area contributed by atoms with Crippen LogP contribution in [0.4, 0.5) is 11.4 Å². The fourth-order valence-corrected chi connectivity index (χ4v) is 4.60. The third-order valence-electron chi connectivity index (χ3n) is 4.85. The van der Waals surface area contributed by atoms with Crippen LogP contribution in [0.5, 0.6) is 5.75 Å². The van der Waals surface area contributed by atoms with Gasteiger partial charge in [0.1, 0.15) is 5.75 Å². The van der Waals surface area contributed by atoms with Crippen molar-refractivity contribution >= 4 is 63.2 Å². The summed E-state index contributed by atoms with van der Waals surface area (Å²) in [4.78, 5) is 32.3. The predicted molar refractivity (Wildman–Crippen MR) is 131 cm³/mol. The lowest BCUT2D eigenvalue weighted by Crippen LogP contribution is -2.32. The van der Waals surface area contributed by atoms with Crippen molar-refractivity contribution in [3.63, 3.8) is 0 Å². The maximum Gasteiger partial charge on any atom is 0.247 e. The van der Waals surface area contributed by atoms with Crippen molar-refractivity contribution in [1.29, 1.82) is 0 Å². The lowest BCUT2D eigenvalue weighted by Gasteiger charge is -2.16. The van der Waals surface area contributed by atoms with Gasteiger partial charge in [-0.2, -0.15) is 0 Å². The van der Waals surface area contributed by atoms with Gasteiger partial charge >= 0.3 is 0 Å². The number of nitrogens with zero attached hydrogens (tertiary/aromatic N) is 2. The summed E-state index contributed by atoms with van der Waals surface area (Å²) in [7, 11) is 1.57. The van der Waals surface area contributed by atoms with Gasteiger partial charge in [0.15, 0.2) is 11.0 Å². The van der Waals surface area contributed by atoms with Gasteiger partial charge < -0.3 is 4.74 Å². The second-order valence-corrected chi connectivity index (χ2v) is 9.03. The summed E-state index contributed by atoms with van der Waals surface area (Å²) in [6, 6.07) is 20.8. The van der Waals surface area contributed by atoms with Gasteiger partial charge in [-0.1, -0.05) is 35.0 Å². The largest absolute Gasteiger partial charge is 0.497 e. The second kappa shape index (κ2) is 9.77. The van der Waals surface area contributed by atoms with Gasteiger partial charge in [0.25, 0.3) is 0 Å². The Labute approximate surface area is 200 Å². The molecule has 3 aromatic rings. The molecule has 32 heavy (non-hydrogen) atoms. The van der Waals surface area contributed by atoms with Crippen LogP contribution in [0.1, 0.15) is 16.8 Å². The number of hydrogen-bond acceptors (Lipinski definition) is 5. The van der Waals surface area contributed by atoms with E-state index in [9.17, 15) is 9.59 Å². The zero-order chi connectivity index (χ0) is 22.7. The van der Waals surface area contributed by atoms with E-state index in [2.05, 4.69) is 4.99 Å². The molecule has 1 aliphatic heterocycles. The zero-order valence-corrected chi connectivity index (χ0v) is 19.3. The molecule has 0 spiro atoms. The van der Waals surface area contributed by atoms with Crippen LogP contribution in [0.2, 0.25) is 10.0 Å². The molecule has 0 bridgehead atoms. The summed E-state index contributed by atoms with van der Waals surface area (Å²) in [6.45, 7) is 0. The summed E-state index contributed by atoms with van der Waals surface area (Å²) in [6.07, 6.45) is 0.0551. The Morgan fingerprint density at radius 2 is 1.56 bits per heavy atom. The SMILES string of the molecule is COc1ccc(C(=O)CC2SC(=Nc3ccc(Cl)cc3)N(c3ccc(Cl)cc3)C2=O)cc1. The number of carbonyl (C=O) groups excluding carboxylic acids is 2. The number of hydrogen-bond donors (Lipinski definition) is 0. The number of carbonyl (C=O) groups is 2. The predicted octanol–water partition coefficient (Wildman–Crippen LogP) is 6.41. The normalized spacial score (nSPS) is 17.1. The van der Waals surface area contributed by atoms with Crippen molar-refractivity contribution < 1.29 is 14.3 Å². The van der Waals surface area contributed by atoms with Crippen molar-refractivity contribution in [2.24, 2.45) is 4.99 Å². The minimum atomic E-state index is -0.591. The number of rotatable bonds is 6. The molecular formula is C24H18Cl2N2O3S. The van der Waals surface area contributed by atoms with E-state index in [1.165, 1.54) is 16.7 Å². The van der Waals surface area contributed by atoms with Gasteiger partial charge in [0, 0.05) is 22.0 Å². The van der Waals surface area contributed by atoms with Gasteiger partial charge in [-0.25, -0.2) is 4.99 Å². The van der Waals surface area contributed by atoms with Crippen LogP contribution >= 0.6 is 35.0 Å². The van der Waals surface area contributed by atoms with E-state index in [4.69, 9.17) is 27.9 Å². The number of ether oxygens (including phenoxy) is 1. The maximum atomic E-state index is 13.3. The number of amidine groups is 1. The third-order valence-corrected chi connectivity index (χ3v) is 6.50. The molecule has 1 atom stereocenters. The first kappa shape index (κ1) is 22.4. The molecule has 4 rings (SSSR count). The van der Waals surface area contributed by atoms with E-state index in [0.29, 0.717) is 37.9 Å². The van der Waals surface area contributed by atoms with E-state index in [-0.39, 0.29) is 18.1 Å². The van der Waals surface area contributed by atoms with Crippen molar-refractivity contribution in [3.8, 4) is 5.75 Å². The lowest BCUT2D eigenvalue weighted by atomic mass is 10.1. The maximum absolute atomic E-state index is 13.3. The Kier molecular flexibility index (Phi) is 6.84. The molecule has 8 heteroatoms. The van der Waals surface area contributed by atoms with Crippen LogP contribution in [0.25, 0.3) is 0 Å². The topological polar surface area (TPSA) is 59.0 Å². The number of thioether (sulfide) groups is 1. The van der Waals surface area contributed by atoms with Crippen LogP contribution in [0, 0.1) is 0 Å². The quantitative estimate of drug-likeness (QED) is 0.379. The molecule has 0 saturated carbocycles. The first-order valence-corrected chi connectivity index (χ1v) is 11.4. The first-order valence-electron chi connectivity index (χ1n) is 9.72. The molecule has 0 aromatic heterocycles. The Morgan fingerprint density at radius 3 is 2.16 bits per heavy atom. The molecule has 1 saturated heterocycles.